The van der Waals surface area contributed by atoms with Crippen LogP contribution in [0.25, 0.3) is 0 Å². The first-order valence-corrected chi connectivity index (χ1v) is 4.27. The number of nitrogens with zero attached hydrogens (tertiary/aromatic N) is 1. The summed E-state index contributed by atoms with van der Waals surface area (Å²) in [4.78, 5) is 3.76. The molecule has 0 aromatic carbocycles. The zero-order valence-electron chi connectivity index (χ0n) is 7.88. The number of guanidine groups is 1. The number of rotatable bonds is 5. The topological polar surface area (TPSA) is 70.6 Å². The van der Waals surface area contributed by atoms with Crippen molar-refractivity contribution in [3.05, 3.63) is 0 Å². The second-order valence-electron chi connectivity index (χ2n) is 2.97. The summed E-state index contributed by atoms with van der Waals surface area (Å²) < 4.78 is 0. The Morgan fingerprint density at radius 2 is 2.33 bits per heavy atom. The summed E-state index contributed by atoms with van der Waals surface area (Å²) in [5.41, 5.74) is 5.41. The van der Waals surface area contributed by atoms with Crippen LogP contribution in [0.2, 0.25) is 0 Å². The maximum absolute atomic E-state index is 8.72. The van der Waals surface area contributed by atoms with Crippen LogP contribution >= 0.6 is 0 Å². The first-order valence-electron chi connectivity index (χ1n) is 4.27. The molecule has 4 N–H and O–H groups in total. The molecule has 0 saturated heterocycles. The van der Waals surface area contributed by atoms with Gasteiger partial charge in [-0.2, -0.15) is 0 Å². The van der Waals surface area contributed by atoms with Gasteiger partial charge >= 0.3 is 0 Å². The Morgan fingerprint density at radius 3 is 2.83 bits per heavy atom. The van der Waals surface area contributed by atoms with Crippen molar-refractivity contribution in [2.45, 2.75) is 19.8 Å². The van der Waals surface area contributed by atoms with E-state index < -0.39 is 0 Å². The van der Waals surface area contributed by atoms with E-state index in [0.29, 0.717) is 11.9 Å². The number of aliphatic imine (C=N–C) groups is 1. The molecule has 72 valence electrons. The fourth-order valence-electron chi connectivity index (χ4n) is 0.837. The lowest BCUT2D eigenvalue weighted by Crippen LogP contribution is -2.32. The molecular formula is C8H19N3O. The Bertz CT molecular complexity index is 136. The summed E-state index contributed by atoms with van der Waals surface area (Å²) in [5, 5.41) is 11.7. The summed E-state index contributed by atoms with van der Waals surface area (Å²) in [6.45, 7) is 3.11. The van der Waals surface area contributed by atoms with Gasteiger partial charge in [0.05, 0.1) is 0 Å². The van der Waals surface area contributed by atoms with E-state index in [1.54, 1.807) is 7.05 Å². The van der Waals surface area contributed by atoms with Crippen LogP contribution in [0.1, 0.15) is 19.8 Å². The van der Waals surface area contributed by atoms with Crippen molar-refractivity contribution in [1.82, 2.24) is 5.32 Å². The monoisotopic (exact) mass is 173 g/mol. The summed E-state index contributed by atoms with van der Waals surface area (Å²) in [6, 6.07) is 0. The van der Waals surface area contributed by atoms with Crippen LogP contribution in [0.15, 0.2) is 4.99 Å². The maximum Gasteiger partial charge on any atom is 0.188 e. The van der Waals surface area contributed by atoms with Gasteiger partial charge in [-0.05, 0) is 18.8 Å². The minimum atomic E-state index is 0.261. The third-order valence-corrected chi connectivity index (χ3v) is 1.73. The van der Waals surface area contributed by atoms with Gasteiger partial charge < -0.3 is 16.2 Å². The molecule has 0 aromatic rings. The van der Waals surface area contributed by atoms with Gasteiger partial charge in [0.25, 0.3) is 0 Å². The number of hydrogen-bond acceptors (Lipinski definition) is 2. The van der Waals surface area contributed by atoms with E-state index in [4.69, 9.17) is 10.8 Å². The van der Waals surface area contributed by atoms with Crippen molar-refractivity contribution in [3.63, 3.8) is 0 Å². The van der Waals surface area contributed by atoms with Crippen molar-refractivity contribution in [2.75, 3.05) is 20.2 Å². The Kier molecular flexibility index (Phi) is 6.47. The van der Waals surface area contributed by atoms with Crippen molar-refractivity contribution in [1.29, 1.82) is 0 Å². The largest absolute Gasteiger partial charge is 0.396 e. The smallest absolute Gasteiger partial charge is 0.188 e. The maximum atomic E-state index is 8.72. The summed E-state index contributed by atoms with van der Waals surface area (Å²) >= 11 is 0. The first-order chi connectivity index (χ1) is 5.70. The highest BCUT2D eigenvalue weighted by Crippen LogP contribution is 2.02. The molecule has 0 aliphatic heterocycles. The van der Waals surface area contributed by atoms with Gasteiger partial charge in [0.15, 0.2) is 5.96 Å². The Morgan fingerprint density at radius 1 is 1.67 bits per heavy atom. The summed E-state index contributed by atoms with van der Waals surface area (Å²) in [7, 11) is 1.65. The predicted octanol–water partition coefficient (Wildman–Crippen LogP) is -0.0709. The number of nitrogens with two attached hydrogens (primary N) is 1. The Hall–Kier alpha value is -0.770. The van der Waals surface area contributed by atoms with Crippen LogP contribution in [0.4, 0.5) is 0 Å². The molecule has 0 aromatic heterocycles. The van der Waals surface area contributed by atoms with Gasteiger partial charge in [0.1, 0.15) is 0 Å². The van der Waals surface area contributed by atoms with Crippen LogP contribution in [-0.2, 0) is 0 Å². The highest BCUT2D eigenvalue weighted by molar-refractivity contribution is 5.77. The third kappa shape index (κ3) is 5.97. The van der Waals surface area contributed by atoms with Gasteiger partial charge in [-0.1, -0.05) is 6.92 Å². The second kappa shape index (κ2) is 6.91. The predicted molar refractivity (Wildman–Crippen MR) is 51.0 cm³/mol. The molecule has 0 fully saturated rings. The molecule has 0 rings (SSSR count). The number of nitrogens with one attached hydrogen (secondary N) is 1. The number of aliphatic hydroxyl groups excluding tert-OH is 1. The molecule has 4 nitrogen and oxygen atoms in total. The van der Waals surface area contributed by atoms with Crippen molar-refractivity contribution < 1.29 is 5.11 Å². The quantitative estimate of drug-likeness (QED) is 0.309. The van der Waals surface area contributed by atoms with Gasteiger partial charge in [0, 0.05) is 20.2 Å². The molecule has 0 amide bonds. The SMILES string of the molecule is CN=C(N)NCCCC(C)CO. The van der Waals surface area contributed by atoms with Crippen molar-refractivity contribution in [3.8, 4) is 0 Å². The summed E-state index contributed by atoms with van der Waals surface area (Å²) in [6.07, 6.45) is 2.03. The second-order valence-corrected chi connectivity index (χ2v) is 2.97. The van der Waals surface area contributed by atoms with E-state index in [1.807, 2.05) is 6.92 Å². The highest BCUT2D eigenvalue weighted by Gasteiger charge is 1.98. The Balaban J connectivity index is 3.21. The number of aliphatic hydroxyl groups is 1. The van der Waals surface area contributed by atoms with Crippen LogP contribution < -0.4 is 11.1 Å². The van der Waals surface area contributed by atoms with Crippen molar-refractivity contribution >= 4 is 5.96 Å². The first kappa shape index (κ1) is 11.2. The zero-order valence-corrected chi connectivity index (χ0v) is 7.88. The van der Waals surface area contributed by atoms with E-state index in [9.17, 15) is 0 Å². The lowest BCUT2D eigenvalue weighted by atomic mass is 10.1. The minimum Gasteiger partial charge on any atom is -0.396 e. The number of hydrogen-bond donors (Lipinski definition) is 3. The van der Waals surface area contributed by atoms with E-state index in [1.165, 1.54) is 0 Å². The standard InChI is InChI=1S/C8H19N3O/c1-7(6-12)4-3-5-11-8(9)10-2/h7,12H,3-6H2,1-2H3,(H3,9,10,11). The molecule has 0 radical (unpaired) electrons. The molecular weight excluding hydrogens is 154 g/mol. The molecule has 0 saturated carbocycles. The molecule has 1 atom stereocenters. The molecule has 12 heavy (non-hydrogen) atoms. The lowest BCUT2D eigenvalue weighted by molar-refractivity contribution is 0.228. The van der Waals surface area contributed by atoms with Crippen LogP contribution in [0, 0.1) is 5.92 Å². The van der Waals surface area contributed by atoms with E-state index in [0.717, 1.165) is 19.4 Å². The van der Waals surface area contributed by atoms with Gasteiger partial charge in [-0.15, -0.1) is 0 Å². The van der Waals surface area contributed by atoms with Gasteiger partial charge in [0.2, 0.25) is 0 Å². The third-order valence-electron chi connectivity index (χ3n) is 1.73. The van der Waals surface area contributed by atoms with E-state index >= 15 is 0 Å². The van der Waals surface area contributed by atoms with Gasteiger partial charge in [-0.3, -0.25) is 4.99 Å². The van der Waals surface area contributed by atoms with Crippen LogP contribution in [0.3, 0.4) is 0 Å². The van der Waals surface area contributed by atoms with Crippen LogP contribution in [-0.4, -0.2) is 31.3 Å². The fraction of sp³-hybridized carbons (Fsp3) is 0.875. The Labute approximate surface area is 73.9 Å². The minimum absolute atomic E-state index is 0.261. The molecule has 0 aliphatic carbocycles. The molecule has 4 heteroatoms. The molecule has 1 unspecified atom stereocenters. The fourth-order valence-corrected chi connectivity index (χ4v) is 0.837. The average Bonchev–Trinajstić information content (AvgIpc) is 2.11. The van der Waals surface area contributed by atoms with E-state index in [-0.39, 0.29) is 6.61 Å². The summed E-state index contributed by atoms with van der Waals surface area (Å²) in [5.74, 6) is 0.859. The molecule has 0 aliphatic rings. The molecule has 0 heterocycles. The molecule has 0 spiro atoms. The lowest BCUT2D eigenvalue weighted by Gasteiger charge is -2.07. The molecule has 0 bridgehead atoms. The van der Waals surface area contributed by atoms with Crippen molar-refractivity contribution in [2.24, 2.45) is 16.6 Å². The highest BCUT2D eigenvalue weighted by atomic mass is 16.3. The van der Waals surface area contributed by atoms with Gasteiger partial charge in [-0.25, -0.2) is 0 Å². The van der Waals surface area contributed by atoms with Crippen LogP contribution in [0.5, 0.6) is 0 Å². The average molecular weight is 173 g/mol. The zero-order chi connectivity index (χ0) is 9.40. The van der Waals surface area contributed by atoms with E-state index in [2.05, 4.69) is 10.3 Å². The normalized spacial score (nSPS) is 14.4.